The zero-order valence-corrected chi connectivity index (χ0v) is 13.6. The summed E-state index contributed by atoms with van der Waals surface area (Å²) in [4.78, 5) is 12.8. The minimum Gasteiger partial charge on any atom is -0.292 e. The highest BCUT2D eigenvalue weighted by Gasteiger charge is 2.31. The van der Waals surface area contributed by atoms with Gasteiger partial charge in [-0.3, -0.25) is 4.79 Å². The molecule has 2 aromatic carbocycles. The first-order valence-corrected chi connectivity index (χ1v) is 7.68. The Morgan fingerprint density at radius 2 is 1.91 bits per heavy atom. The van der Waals surface area contributed by atoms with E-state index in [9.17, 15) is 4.79 Å². The van der Waals surface area contributed by atoms with E-state index in [1.165, 1.54) is 0 Å². The van der Waals surface area contributed by atoms with E-state index in [0.717, 1.165) is 5.56 Å². The van der Waals surface area contributed by atoms with Crippen molar-refractivity contribution in [3.63, 3.8) is 0 Å². The topological polar surface area (TPSA) is 40.9 Å². The fourth-order valence-corrected chi connectivity index (χ4v) is 2.41. The molecular formula is C20H16ClNO. The highest BCUT2D eigenvalue weighted by atomic mass is 35.5. The molecule has 23 heavy (non-hydrogen) atoms. The highest BCUT2D eigenvalue weighted by Crippen LogP contribution is 2.28. The van der Waals surface area contributed by atoms with E-state index in [2.05, 4.69) is 17.9 Å². The predicted molar refractivity (Wildman–Crippen MR) is 92.1 cm³/mol. The van der Waals surface area contributed by atoms with E-state index >= 15 is 0 Å². The van der Waals surface area contributed by atoms with Gasteiger partial charge in [0, 0.05) is 22.6 Å². The fourth-order valence-electron chi connectivity index (χ4n) is 2.22. The summed E-state index contributed by atoms with van der Waals surface area (Å²) >= 11 is 5.96. The number of halogens is 1. The van der Waals surface area contributed by atoms with Crippen molar-refractivity contribution >= 4 is 17.4 Å². The Balaban J connectivity index is 2.37. The van der Waals surface area contributed by atoms with Crippen LogP contribution in [0.5, 0.6) is 0 Å². The SMILES string of the molecule is CC(C#Cc1cccc(Cl)c1)(CCC#N)C(=O)c1ccccc1. The third-order valence-electron chi connectivity index (χ3n) is 3.58. The molecule has 1 unspecified atom stereocenters. The Bertz CT molecular complexity index is 796. The second-order valence-corrected chi connectivity index (χ2v) is 5.88. The standard InChI is InChI=1S/C20H16ClNO/c1-20(12-6-14-22,19(23)17-8-3-2-4-9-17)13-11-16-7-5-10-18(21)15-16/h2-5,7-10,15H,6,12H2,1H3. The highest BCUT2D eigenvalue weighted by molar-refractivity contribution is 6.30. The summed E-state index contributed by atoms with van der Waals surface area (Å²) in [6, 6.07) is 18.3. The molecule has 0 saturated heterocycles. The van der Waals surface area contributed by atoms with Crippen LogP contribution in [-0.4, -0.2) is 5.78 Å². The van der Waals surface area contributed by atoms with Gasteiger partial charge in [-0.15, -0.1) is 0 Å². The van der Waals surface area contributed by atoms with E-state index in [1.807, 2.05) is 30.3 Å². The lowest BCUT2D eigenvalue weighted by Gasteiger charge is -2.21. The number of carbonyl (C=O) groups is 1. The van der Waals surface area contributed by atoms with Gasteiger partial charge in [0.1, 0.15) is 0 Å². The molecule has 0 fully saturated rings. The smallest absolute Gasteiger partial charge is 0.180 e. The van der Waals surface area contributed by atoms with Gasteiger partial charge in [-0.2, -0.15) is 5.26 Å². The Labute approximate surface area is 141 Å². The first-order valence-electron chi connectivity index (χ1n) is 7.31. The van der Waals surface area contributed by atoms with E-state index in [1.54, 1.807) is 31.2 Å². The van der Waals surface area contributed by atoms with E-state index in [4.69, 9.17) is 16.9 Å². The second-order valence-electron chi connectivity index (χ2n) is 5.45. The van der Waals surface area contributed by atoms with Gasteiger partial charge in [-0.25, -0.2) is 0 Å². The Kier molecular flexibility index (Phi) is 5.58. The number of benzene rings is 2. The number of Topliss-reactive ketones (excluding diaryl/α,β-unsaturated/α-hetero) is 1. The van der Waals surface area contributed by atoms with Crippen LogP contribution < -0.4 is 0 Å². The largest absolute Gasteiger partial charge is 0.292 e. The monoisotopic (exact) mass is 321 g/mol. The van der Waals surface area contributed by atoms with Crippen molar-refractivity contribution in [1.82, 2.24) is 0 Å². The van der Waals surface area contributed by atoms with Crippen LogP contribution in [0.1, 0.15) is 35.7 Å². The predicted octanol–water partition coefficient (Wildman–Crippen LogP) is 4.88. The number of nitrogens with zero attached hydrogens (tertiary/aromatic N) is 1. The molecular weight excluding hydrogens is 306 g/mol. The third-order valence-corrected chi connectivity index (χ3v) is 3.82. The van der Waals surface area contributed by atoms with Gasteiger partial charge in [0.05, 0.1) is 11.5 Å². The van der Waals surface area contributed by atoms with Gasteiger partial charge >= 0.3 is 0 Å². The van der Waals surface area contributed by atoms with Crippen molar-refractivity contribution in [2.45, 2.75) is 19.8 Å². The Morgan fingerprint density at radius 1 is 1.17 bits per heavy atom. The Morgan fingerprint density at radius 3 is 2.57 bits per heavy atom. The number of carbonyl (C=O) groups excluding carboxylic acids is 1. The van der Waals surface area contributed by atoms with Crippen LogP contribution in [0.15, 0.2) is 54.6 Å². The van der Waals surface area contributed by atoms with Gasteiger partial charge in [0.15, 0.2) is 5.78 Å². The number of nitriles is 1. The molecule has 0 aliphatic heterocycles. The molecule has 0 aromatic heterocycles. The summed E-state index contributed by atoms with van der Waals surface area (Å²) in [6.45, 7) is 1.79. The molecule has 0 heterocycles. The molecule has 0 radical (unpaired) electrons. The summed E-state index contributed by atoms with van der Waals surface area (Å²) in [5.41, 5.74) is 0.453. The third kappa shape index (κ3) is 4.46. The summed E-state index contributed by atoms with van der Waals surface area (Å²) in [7, 11) is 0. The van der Waals surface area contributed by atoms with Gasteiger partial charge in [-0.05, 0) is 31.5 Å². The summed E-state index contributed by atoms with van der Waals surface area (Å²) in [5.74, 6) is 6.02. The molecule has 2 rings (SSSR count). The molecule has 0 aliphatic carbocycles. The summed E-state index contributed by atoms with van der Waals surface area (Å²) in [5, 5.41) is 9.48. The molecule has 0 bridgehead atoms. The normalized spacial score (nSPS) is 12.4. The molecule has 2 aromatic rings. The van der Waals surface area contributed by atoms with Crippen molar-refractivity contribution in [3.8, 4) is 17.9 Å². The average molecular weight is 322 g/mol. The van der Waals surface area contributed by atoms with E-state index in [-0.39, 0.29) is 12.2 Å². The minimum atomic E-state index is -0.903. The lowest BCUT2D eigenvalue weighted by atomic mass is 9.79. The van der Waals surface area contributed by atoms with Crippen LogP contribution in [0.3, 0.4) is 0 Å². The second kappa shape index (κ2) is 7.63. The van der Waals surface area contributed by atoms with Crippen molar-refractivity contribution in [3.05, 3.63) is 70.7 Å². The molecule has 2 nitrogen and oxygen atoms in total. The minimum absolute atomic E-state index is 0.0668. The van der Waals surface area contributed by atoms with Crippen LogP contribution in [0.4, 0.5) is 0 Å². The molecule has 1 atom stereocenters. The lowest BCUT2D eigenvalue weighted by Crippen LogP contribution is -2.26. The van der Waals surface area contributed by atoms with Crippen LogP contribution in [-0.2, 0) is 0 Å². The maximum Gasteiger partial charge on any atom is 0.180 e. The van der Waals surface area contributed by atoms with Gasteiger partial charge in [0.25, 0.3) is 0 Å². The molecule has 0 saturated carbocycles. The van der Waals surface area contributed by atoms with Crippen molar-refractivity contribution < 1.29 is 4.79 Å². The molecule has 3 heteroatoms. The molecule has 0 amide bonds. The first kappa shape index (κ1) is 16.8. The fraction of sp³-hybridized carbons (Fsp3) is 0.200. The van der Waals surface area contributed by atoms with Crippen molar-refractivity contribution in [2.75, 3.05) is 0 Å². The molecule has 114 valence electrons. The zero-order valence-electron chi connectivity index (χ0n) is 12.8. The summed E-state index contributed by atoms with van der Waals surface area (Å²) in [6.07, 6.45) is 0.671. The molecule has 0 N–H and O–H groups in total. The van der Waals surface area contributed by atoms with Crippen molar-refractivity contribution in [2.24, 2.45) is 5.41 Å². The van der Waals surface area contributed by atoms with Crippen LogP contribution >= 0.6 is 11.6 Å². The Hall–Kier alpha value is -2.55. The number of ketones is 1. The van der Waals surface area contributed by atoms with Crippen LogP contribution in [0.25, 0.3) is 0 Å². The zero-order chi connectivity index (χ0) is 16.7. The summed E-state index contributed by atoms with van der Waals surface area (Å²) < 4.78 is 0. The van der Waals surface area contributed by atoms with Gasteiger partial charge in [0.2, 0.25) is 0 Å². The lowest BCUT2D eigenvalue weighted by molar-refractivity contribution is 0.0871. The van der Waals surface area contributed by atoms with Crippen LogP contribution in [0, 0.1) is 28.6 Å². The maximum absolute atomic E-state index is 12.8. The van der Waals surface area contributed by atoms with Gasteiger partial charge < -0.3 is 0 Å². The molecule has 0 spiro atoms. The maximum atomic E-state index is 12.8. The van der Waals surface area contributed by atoms with Gasteiger partial charge in [-0.1, -0.05) is 59.8 Å². The average Bonchev–Trinajstić information content (AvgIpc) is 2.58. The number of hydrogen-bond donors (Lipinski definition) is 0. The van der Waals surface area contributed by atoms with E-state index < -0.39 is 5.41 Å². The number of rotatable bonds is 4. The quantitative estimate of drug-likeness (QED) is 0.594. The van der Waals surface area contributed by atoms with E-state index in [0.29, 0.717) is 17.0 Å². The molecule has 0 aliphatic rings. The van der Waals surface area contributed by atoms with Crippen LogP contribution in [0.2, 0.25) is 5.02 Å². The van der Waals surface area contributed by atoms with Crippen molar-refractivity contribution in [1.29, 1.82) is 5.26 Å². The number of hydrogen-bond acceptors (Lipinski definition) is 2. The first-order chi connectivity index (χ1) is 11.0.